The maximum absolute atomic E-state index is 4.75. The SMILES string of the molecule is Cc1cc2c(C)nc(-c3ccccc3C)cc2cn1. The average Bonchev–Trinajstić information content (AvgIpc) is 2.40. The Kier molecular flexibility index (Phi) is 2.79. The molecule has 1 aromatic carbocycles. The van der Waals surface area contributed by atoms with Gasteiger partial charge in [0.05, 0.1) is 5.69 Å². The Labute approximate surface area is 113 Å². The maximum atomic E-state index is 4.75. The highest BCUT2D eigenvalue weighted by molar-refractivity contribution is 5.87. The van der Waals surface area contributed by atoms with E-state index in [0.29, 0.717) is 0 Å². The Bertz CT molecular complexity index is 760. The van der Waals surface area contributed by atoms with E-state index in [0.717, 1.165) is 22.5 Å². The summed E-state index contributed by atoms with van der Waals surface area (Å²) in [5, 5.41) is 2.33. The van der Waals surface area contributed by atoms with Crippen LogP contribution in [0.15, 0.2) is 42.6 Å². The van der Waals surface area contributed by atoms with Gasteiger partial charge in [-0.15, -0.1) is 0 Å². The molecule has 19 heavy (non-hydrogen) atoms. The summed E-state index contributed by atoms with van der Waals surface area (Å²) in [5.74, 6) is 0. The van der Waals surface area contributed by atoms with Crippen LogP contribution in [0.4, 0.5) is 0 Å². The first-order valence-corrected chi connectivity index (χ1v) is 6.45. The third kappa shape index (κ3) is 2.10. The number of fused-ring (bicyclic) bond motifs is 1. The minimum absolute atomic E-state index is 1.02. The molecule has 2 nitrogen and oxygen atoms in total. The van der Waals surface area contributed by atoms with Gasteiger partial charge in [0.2, 0.25) is 0 Å². The van der Waals surface area contributed by atoms with Crippen molar-refractivity contribution in [3.05, 3.63) is 59.5 Å². The molecule has 0 amide bonds. The number of aromatic nitrogens is 2. The van der Waals surface area contributed by atoms with E-state index < -0.39 is 0 Å². The Morgan fingerprint density at radius 2 is 1.74 bits per heavy atom. The van der Waals surface area contributed by atoms with E-state index in [9.17, 15) is 0 Å². The summed E-state index contributed by atoms with van der Waals surface area (Å²) in [6.07, 6.45) is 1.93. The fourth-order valence-corrected chi connectivity index (χ4v) is 2.42. The normalized spacial score (nSPS) is 10.9. The number of rotatable bonds is 1. The molecule has 0 saturated heterocycles. The van der Waals surface area contributed by atoms with Crippen LogP contribution >= 0.6 is 0 Å². The molecule has 0 unspecified atom stereocenters. The van der Waals surface area contributed by atoms with Crippen LogP contribution in [0, 0.1) is 20.8 Å². The number of benzene rings is 1. The van der Waals surface area contributed by atoms with Crippen LogP contribution in [0.1, 0.15) is 17.0 Å². The Morgan fingerprint density at radius 3 is 2.53 bits per heavy atom. The Hall–Kier alpha value is -2.22. The molecule has 2 heteroatoms. The highest BCUT2D eigenvalue weighted by Crippen LogP contribution is 2.26. The Morgan fingerprint density at radius 1 is 0.947 bits per heavy atom. The van der Waals surface area contributed by atoms with Crippen LogP contribution in [0.2, 0.25) is 0 Å². The summed E-state index contributed by atoms with van der Waals surface area (Å²) in [6.45, 7) is 6.18. The molecule has 2 heterocycles. The molecule has 3 rings (SSSR count). The maximum Gasteiger partial charge on any atom is 0.0714 e. The minimum atomic E-state index is 1.02. The van der Waals surface area contributed by atoms with Crippen molar-refractivity contribution in [3.63, 3.8) is 0 Å². The van der Waals surface area contributed by atoms with Gasteiger partial charge in [-0.25, -0.2) is 0 Å². The molecule has 3 aromatic rings. The zero-order valence-electron chi connectivity index (χ0n) is 11.4. The van der Waals surface area contributed by atoms with Crippen molar-refractivity contribution in [1.82, 2.24) is 9.97 Å². The second-order valence-corrected chi connectivity index (χ2v) is 4.95. The number of hydrogen-bond donors (Lipinski definition) is 0. The lowest BCUT2D eigenvalue weighted by Gasteiger charge is -2.09. The first kappa shape index (κ1) is 11.8. The summed E-state index contributed by atoms with van der Waals surface area (Å²) in [6, 6.07) is 12.6. The third-order valence-corrected chi connectivity index (χ3v) is 3.46. The van der Waals surface area contributed by atoms with Crippen LogP contribution in [-0.4, -0.2) is 9.97 Å². The molecular weight excluding hydrogens is 232 g/mol. The lowest BCUT2D eigenvalue weighted by Crippen LogP contribution is -1.93. The van der Waals surface area contributed by atoms with Crippen LogP contribution < -0.4 is 0 Å². The van der Waals surface area contributed by atoms with Gasteiger partial charge in [0.1, 0.15) is 0 Å². The van der Waals surface area contributed by atoms with Crippen molar-refractivity contribution < 1.29 is 0 Å². The lowest BCUT2D eigenvalue weighted by atomic mass is 10.0. The smallest absolute Gasteiger partial charge is 0.0714 e. The lowest BCUT2D eigenvalue weighted by molar-refractivity contribution is 1.19. The topological polar surface area (TPSA) is 25.8 Å². The first-order valence-electron chi connectivity index (χ1n) is 6.45. The minimum Gasteiger partial charge on any atom is -0.261 e. The van der Waals surface area contributed by atoms with Crippen LogP contribution in [-0.2, 0) is 0 Å². The summed E-state index contributed by atoms with van der Waals surface area (Å²) in [7, 11) is 0. The van der Waals surface area contributed by atoms with Gasteiger partial charge in [0.25, 0.3) is 0 Å². The second kappa shape index (κ2) is 4.47. The molecule has 0 radical (unpaired) electrons. The van der Waals surface area contributed by atoms with E-state index in [4.69, 9.17) is 4.98 Å². The standard InChI is InChI=1S/C17H16N2/c1-11-6-4-5-7-15(11)17-9-14-10-18-12(2)8-16(14)13(3)19-17/h4-10H,1-3H3. The molecule has 0 aliphatic rings. The van der Waals surface area contributed by atoms with E-state index >= 15 is 0 Å². The number of pyridine rings is 2. The van der Waals surface area contributed by atoms with Crippen LogP contribution in [0.5, 0.6) is 0 Å². The fourth-order valence-electron chi connectivity index (χ4n) is 2.42. The molecule has 0 saturated carbocycles. The largest absolute Gasteiger partial charge is 0.261 e. The summed E-state index contributed by atoms with van der Waals surface area (Å²) in [5.41, 5.74) is 5.54. The molecular formula is C17H16N2. The zero-order chi connectivity index (χ0) is 13.4. The van der Waals surface area contributed by atoms with Crippen molar-refractivity contribution in [2.24, 2.45) is 0 Å². The zero-order valence-corrected chi connectivity index (χ0v) is 11.4. The molecule has 0 bridgehead atoms. The molecule has 0 fully saturated rings. The van der Waals surface area contributed by atoms with Crippen LogP contribution in [0.3, 0.4) is 0 Å². The third-order valence-electron chi connectivity index (χ3n) is 3.46. The monoisotopic (exact) mass is 248 g/mol. The van der Waals surface area contributed by atoms with Crippen molar-refractivity contribution in [1.29, 1.82) is 0 Å². The highest BCUT2D eigenvalue weighted by Gasteiger charge is 2.07. The van der Waals surface area contributed by atoms with Crippen molar-refractivity contribution in [2.75, 3.05) is 0 Å². The number of aryl methyl sites for hydroxylation is 3. The van der Waals surface area contributed by atoms with E-state index in [-0.39, 0.29) is 0 Å². The molecule has 2 aromatic heterocycles. The predicted molar refractivity (Wildman–Crippen MR) is 79.2 cm³/mol. The van der Waals surface area contributed by atoms with Gasteiger partial charge in [-0.3, -0.25) is 9.97 Å². The van der Waals surface area contributed by atoms with Crippen LogP contribution in [0.25, 0.3) is 22.0 Å². The van der Waals surface area contributed by atoms with Gasteiger partial charge >= 0.3 is 0 Å². The quantitative estimate of drug-likeness (QED) is 0.644. The molecule has 0 aliphatic carbocycles. The van der Waals surface area contributed by atoms with Crippen molar-refractivity contribution in [2.45, 2.75) is 20.8 Å². The predicted octanol–water partition coefficient (Wildman–Crippen LogP) is 4.22. The van der Waals surface area contributed by atoms with E-state index in [2.05, 4.69) is 55.2 Å². The van der Waals surface area contributed by atoms with Gasteiger partial charge < -0.3 is 0 Å². The number of nitrogens with zero attached hydrogens (tertiary/aromatic N) is 2. The molecule has 0 aliphatic heterocycles. The van der Waals surface area contributed by atoms with Crippen molar-refractivity contribution >= 4 is 10.8 Å². The van der Waals surface area contributed by atoms with Gasteiger partial charge in [0.15, 0.2) is 0 Å². The number of hydrogen-bond acceptors (Lipinski definition) is 2. The summed E-state index contributed by atoms with van der Waals surface area (Å²) >= 11 is 0. The Balaban J connectivity index is 2.27. The van der Waals surface area contributed by atoms with Gasteiger partial charge in [-0.2, -0.15) is 0 Å². The van der Waals surface area contributed by atoms with E-state index in [1.54, 1.807) is 0 Å². The van der Waals surface area contributed by atoms with Gasteiger partial charge in [-0.1, -0.05) is 24.3 Å². The summed E-state index contributed by atoms with van der Waals surface area (Å²) < 4.78 is 0. The second-order valence-electron chi connectivity index (χ2n) is 4.95. The molecule has 94 valence electrons. The highest BCUT2D eigenvalue weighted by atomic mass is 14.7. The molecule has 0 spiro atoms. The van der Waals surface area contributed by atoms with Crippen molar-refractivity contribution in [3.8, 4) is 11.3 Å². The van der Waals surface area contributed by atoms with E-state index in [1.807, 2.05) is 13.1 Å². The van der Waals surface area contributed by atoms with Gasteiger partial charge in [-0.05, 0) is 38.5 Å². The molecule has 0 atom stereocenters. The van der Waals surface area contributed by atoms with Gasteiger partial charge in [0, 0.05) is 33.9 Å². The first-order chi connectivity index (χ1) is 9.15. The average molecular weight is 248 g/mol. The fraction of sp³-hybridized carbons (Fsp3) is 0.176. The summed E-state index contributed by atoms with van der Waals surface area (Å²) in [4.78, 5) is 9.12. The van der Waals surface area contributed by atoms with E-state index in [1.165, 1.54) is 16.5 Å². The molecule has 0 N–H and O–H groups in total.